The summed E-state index contributed by atoms with van der Waals surface area (Å²) in [5.74, 6) is 0.743. The van der Waals surface area contributed by atoms with Gasteiger partial charge in [-0.15, -0.1) is 22.7 Å². The molecule has 1 N–H and O–H groups in total. The third-order valence-electron chi connectivity index (χ3n) is 5.64. The van der Waals surface area contributed by atoms with Crippen molar-refractivity contribution in [2.75, 3.05) is 18.0 Å². The molecule has 1 saturated heterocycles. The third kappa shape index (κ3) is 4.00. The molecule has 4 heterocycles. The second-order valence-electron chi connectivity index (χ2n) is 7.58. The first kappa shape index (κ1) is 20.0. The average molecular weight is 451 g/mol. The van der Waals surface area contributed by atoms with E-state index in [-0.39, 0.29) is 17.4 Å². The summed E-state index contributed by atoms with van der Waals surface area (Å²) < 4.78 is 2.37. The maximum Gasteiger partial charge on any atom is 0.277 e. The highest BCUT2D eigenvalue weighted by Crippen LogP contribution is 2.26. The summed E-state index contributed by atoms with van der Waals surface area (Å²) >= 11 is 3.07. The highest BCUT2D eigenvalue weighted by molar-refractivity contribution is 7.17. The van der Waals surface area contributed by atoms with Gasteiger partial charge >= 0.3 is 0 Å². The molecular formula is C23H22N4O2S2. The third-order valence-corrected chi connectivity index (χ3v) is 7.41. The molecule has 1 fully saturated rings. The van der Waals surface area contributed by atoms with E-state index in [1.54, 1.807) is 15.9 Å². The van der Waals surface area contributed by atoms with Gasteiger partial charge in [0.25, 0.3) is 5.56 Å². The van der Waals surface area contributed by atoms with Crippen molar-refractivity contribution in [1.29, 1.82) is 0 Å². The van der Waals surface area contributed by atoms with Crippen molar-refractivity contribution in [3.63, 3.8) is 0 Å². The normalized spacial score (nSPS) is 14.8. The summed E-state index contributed by atoms with van der Waals surface area (Å²) in [7, 11) is 0. The number of nitrogens with zero attached hydrogens (tertiary/aromatic N) is 3. The van der Waals surface area contributed by atoms with Gasteiger partial charge in [0, 0.05) is 23.9 Å². The van der Waals surface area contributed by atoms with Crippen molar-refractivity contribution in [2.24, 2.45) is 5.92 Å². The van der Waals surface area contributed by atoms with Crippen LogP contribution in [0, 0.1) is 5.92 Å². The molecule has 1 aliphatic heterocycles. The van der Waals surface area contributed by atoms with Gasteiger partial charge in [-0.1, -0.05) is 24.3 Å². The van der Waals surface area contributed by atoms with Crippen molar-refractivity contribution in [2.45, 2.75) is 19.4 Å². The molecule has 0 saturated carbocycles. The van der Waals surface area contributed by atoms with Crippen molar-refractivity contribution in [3.8, 4) is 5.69 Å². The SMILES string of the molecule is O=C(NCc1cccs1)C1CCN(c2nc3ccsc3c(=O)n2-c2ccccc2)CC1. The van der Waals surface area contributed by atoms with Crippen LogP contribution in [-0.4, -0.2) is 28.5 Å². The minimum absolute atomic E-state index is 0.0158. The van der Waals surface area contributed by atoms with Crippen molar-refractivity contribution in [3.05, 3.63) is 74.5 Å². The zero-order valence-electron chi connectivity index (χ0n) is 16.9. The predicted octanol–water partition coefficient (Wildman–Crippen LogP) is 4.04. The van der Waals surface area contributed by atoms with Crippen LogP contribution in [0.5, 0.6) is 0 Å². The molecule has 6 nitrogen and oxygen atoms in total. The van der Waals surface area contributed by atoms with Gasteiger partial charge in [0.1, 0.15) is 4.70 Å². The Balaban J connectivity index is 1.37. The van der Waals surface area contributed by atoms with Gasteiger partial charge < -0.3 is 10.2 Å². The van der Waals surface area contributed by atoms with Crippen LogP contribution >= 0.6 is 22.7 Å². The number of carbonyl (C=O) groups excluding carboxylic acids is 1. The Kier molecular flexibility index (Phi) is 5.57. The number of para-hydroxylation sites is 1. The van der Waals surface area contributed by atoms with E-state index in [0.29, 0.717) is 30.3 Å². The van der Waals surface area contributed by atoms with Gasteiger partial charge in [0.2, 0.25) is 11.9 Å². The van der Waals surface area contributed by atoms with Gasteiger partial charge in [-0.05, 0) is 47.9 Å². The highest BCUT2D eigenvalue weighted by Gasteiger charge is 2.28. The monoisotopic (exact) mass is 450 g/mol. The number of carbonyl (C=O) groups is 1. The van der Waals surface area contributed by atoms with Crippen LogP contribution in [-0.2, 0) is 11.3 Å². The summed E-state index contributed by atoms with van der Waals surface area (Å²) in [4.78, 5) is 34.0. The molecule has 31 heavy (non-hydrogen) atoms. The lowest BCUT2D eigenvalue weighted by molar-refractivity contribution is -0.125. The van der Waals surface area contributed by atoms with E-state index in [1.807, 2.05) is 59.3 Å². The lowest BCUT2D eigenvalue weighted by Crippen LogP contribution is -2.42. The van der Waals surface area contributed by atoms with E-state index < -0.39 is 0 Å². The summed E-state index contributed by atoms with van der Waals surface area (Å²) in [6.45, 7) is 1.96. The molecular weight excluding hydrogens is 428 g/mol. The molecule has 0 bridgehead atoms. The van der Waals surface area contributed by atoms with E-state index >= 15 is 0 Å². The molecule has 158 valence electrons. The molecule has 1 amide bonds. The lowest BCUT2D eigenvalue weighted by Gasteiger charge is -2.33. The Morgan fingerprint density at radius 3 is 2.58 bits per heavy atom. The van der Waals surface area contributed by atoms with Crippen LogP contribution < -0.4 is 15.8 Å². The second kappa shape index (κ2) is 8.64. The molecule has 0 spiro atoms. The van der Waals surface area contributed by atoms with Crippen LogP contribution in [0.25, 0.3) is 15.9 Å². The van der Waals surface area contributed by atoms with Crippen molar-refractivity contribution < 1.29 is 4.79 Å². The average Bonchev–Trinajstić information content (AvgIpc) is 3.50. The Hall–Kier alpha value is -2.97. The first-order chi connectivity index (χ1) is 15.2. The molecule has 5 rings (SSSR count). The van der Waals surface area contributed by atoms with Crippen LogP contribution in [0.15, 0.2) is 64.1 Å². The topological polar surface area (TPSA) is 67.2 Å². The minimum Gasteiger partial charge on any atom is -0.351 e. The fourth-order valence-electron chi connectivity index (χ4n) is 4.00. The van der Waals surface area contributed by atoms with Gasteiger partial charge in [-0.2, -0.15) is 0 Å². The van der Waals surface area contributed by atoms with E-state index in [0.717, 1.165) is 28.9 Å². The Labute approximate surface area is 187 Å². The number of hydrogen-bond acceptors (Lipinski definition) is 6. The second-order valence-corrected chi connectivity index (χ2v) is 9.53. The zero-order chi connectivity index (χ0) is 21.2. The number of amides is 1. The standard InChI is InChI=1S/C23H22N4O2S2/c28-21(24-15-18-7-4-13-30-18)16-8-11-26(12-9-16)23-25-19-10-14-31-20(19)22(29)27(23)17-5-2-1-3-6-17/h1-7,10,13-14,16H,8-9,11-12,15H2,(H,24,28). The Bertz CT molecular complexity index is 1240. The molecule has 3 aromatic heterocycles. The fraction of sp³-hybridized carbons (Fsp3) is 0.261. The highest BCUT2D eigenvalue weighted by atomic mass is 32.1. The Morgan fingerprint density at radius 1 is 1.03 bits per heavy atom. The smallest absolute Gasteiger partial charge is 0.277 e. The molecule has 0 unspecified atom stereocenters. The van der Waals surface area contributed by atoms with Crippen molar-refractivity contribution >= 4 is 44.7 Å². The molecule has 0 atom stereocenters. The van der Waals surface area contributed by atoms with Crippen molar-refractivity contribution in [1.82, 2.24) is 14.9 Å². The number of rotatable bonds is 5. The van der Waals surface area contributed by atoms with E-state index in [4.69, 9.17) is 4.98 Å². The van der Waals surface area contributed by atoms with Crippen LogP contribution in [0.4, 0.5) is 5.95 Å². The number of hydrogen-bond donors (Lipinski definition) is 1. The maximum absolute atomic E-state index is 13.3. The molecule has 0 aliphatic carbocycles. The minimum atomic E-state index is -0.0444. The summed E-state index contributed by atoms with van der Waals surface area (Å²) in [5, 5.41) is 6.98. The first-order valence-electron chi connectivity index (χ1n) is 10.3. The number of aromatic nitrogens is 2. The van der Waals surface area contributed by atoms with E-state index in [1.165, 1.54) is 11.3 Å². The van der Waals surface area contributed by atoms with Gasteiger partial charge in [0.05, 0.1) is 17.7 Å². The zero-order valence-corrected chi connectivity index (χ0v) is 18.5. The van der Waals surface area contributed by atoms with Crippen LogP contribution in [0.1, 0.15) is 17.7 Å². The summed E-state index contributed by atoms with van der Waals surface area (Å²) in [6, 6.07) is 15.6. The van der Waals surface area contributed by atoms with Gasteiger partial charge in [-0.25, -0.2) is 9.55 Å². The Morgan fingerprint density at radius 2 is 1.84 bits per heavy atom. The van der Waals surface area contributed by atoms with Gasteiger partial charge in [-0.3, -0.25) is 9.59 Å². The summed E-state index contributed by atoms with van der Waals surface area (Å²) in [6.07, 6.45) is 1.48. The number of benzene rings is 1. The fourth-order valence-corrected chi connectivity index (χ4v) is 5.40. The quantitative estimate of drug-likeness (QED) is 0.498. The van der Waals surface area contributed by atoms with Crippen LogP contribution in [0.2, 0.25) is 0 Å². The molecule has 4 aromatic rings. The summed E-state index contributed by atoms with van der Waals surface area (Å²) in [5.41, 5.74) is 1.49. The lowest BCUT2D eigenvalue weighted by atomic mass is 9.96. The molecule has 1 aromatic carbocycles. The predicted molar refractivity (Wildman–Crippen MR) is 126 cm³/mol. The van der Waals surface area contributed by atoms with E-state index in [9.17, 15) is 9.59 Å². The molecule has 8 heteroatoms. The number of piperidine rings is 1. The number of fused-ring (bicyclic) bond motifs is 1. The van der Waals surface area contributed by atoms with Gasteiger partial charge in [0.15, 0.2) is 0 Å². The van der Waals surface area contributed by atoms with Crippen LogP contribution in [0.3, 0.4) is 0 Å². The molecule has 0 radical (unpaired) electrons. The molecule has 1 aliphatic rings. The maximum atomic E-state index is 13.3. The van der Waals surface area contributed by atoms with E-state index in [2.05, 4.69) is 10.2 Å². The first-order valence-corrected chi connectivity index (χ1v) is 12.1. The number of thiophene rings is 2. The number of anilines is 1. The largest absolute Gasteiger partial charge is 0.351 e. The number of nitrogens with one attached hydrogen (secondary N) is 1.